The highest BCUT2D eigenvalue weighted by Crippen LogP contribution is 2.42. The van der Waals surface area contributed by atoms with E-state index in [1.807, 2.05) is 0 Å². The van der Waals surface area contributed by atoms with Crippen LogP contribution in [0.25, 0.3) is 0 Å². The first-order valence-corrected chi connectivity index (χ1v) is 11.4. The molecule has 0 amide bonds. The average Bonchev–Trinajstić information content (AvgIpc) is 3.35. The number of benzene rings is 2. The minimum absolute atomic E-state index is 0.123. The van der Waals surface area contributed by atoms with Gasteiger partial charge >= 0.3 is 11.7 Å². The molecular formula is C26H24N2O8. The third-order valence-electron chi connectivity index (χ3n) is 6.06. The highest BCUT2D eigenvalue weighted by Gasteiger charge is 2.56. The fourth-order valence-electron chi connectivity index (χ4n) is 4.48. The molecule has 0 saturated carbocycles. The molecule has 2 saturated heterocycles. The Balaban J connectivity index is 1.35. The fraction of sp³-hybridized carbons (Fsp3) is 0.308. The van der Waals surface area contributed by atoms with Gasteiger partial charge in [-0.1, -0.05) is 48.5 Å². The van der Waals surface area contributed by atoms with E-state index in [0.717, 1.165) is 0 Å². The Kier molecular flexibility index (Phi) is 6.17. The van der Waals surface area contributed by atoms with Crippen molar-refractivity contribution in [3.05, 3.63) is 104 Å². The minimum atomic E-state index is -0.958. The third-order valence-corrected chi connectivity index (χ3v) is 6.06. The molecule has 10 nitrogen and oxygen atoms in total. The van der Waals surface area contributed by atoms with Crippen LogP contribution in [0.4, 0.5) is 0 Å². The van der Waals surface area contributed by atoms with E-state index in [0.29, 0.717) is 5.56 Å². The second-order valence-electron chi connectivity index (χ2n) is 8.99. The number of hydrogen-bond acceptors (Lipinski definition) is 8. The molecule has 1 N–H and O–H groups in total. The number of aromatic amines is 1. The van der Waals surface area contributed by atoms with Crippen molar-refractivity contribution in [3.63, 3.8) is 0 Å². The van der Waals surface area contributed by atoms with Gasteiger partial charge in [0.05, 0.1) is 5.56 Å². The lowest BCUT2D eigenvalue weighted by Gasteiger charge is -2.24. The number of fused-ring (bicyclic) bond motifs is 1. The van der Waals surface area contributed by atoms with E-state index in [9.17, 15) is 19.2 Å². The van der Waals surface area contributed by atoms with Crippen molar-refractivity contribution < 1.29 is 28.5 Å². The van der Waals surface area contributed by atoms with Gasteiger partial charge in [0, 0.05) is 23.4 Å². The van der Waals surface area contributed by atoms with Crippen LogP contribution in [0, 0.1) is 0 Å². The van der Waals surface area contributed by atoms with Crippen LogP contribution in [0.3, 0.4) is 0 Å². The SMILES string of the molecule is CC1(C)O[C@@H]2[C@H](O1)[C@@H](COC(=O)c1ccccc1C(=O)c1ccccc1)O[C@H]2n1ccc(=O)[nH]c1=O. The highest BCUT2D eigenvalue weighted by atomic mass is 16.8. The van der Waals surface area contributed by atoms with E-state index in [1.165, 1.54) is 22.9 Å². The van der Waals surface area contributed by atoms with Crippen LogP contribution in [0.2, 0.25) is 0 Å². The molecule has 0 spiro atoms. The van der Waals surface area contributed by atoms with Crippen LogP contribution in [-0.4, -0.2) is 52.0 Å². The average molecular weight is 492 g/mol. The van der Waals surface area contributed by atoms with Crippen molar-refractivity contribution in [1.29, 1.82) is 0 Å². The van der Waals surface area contributed by atoms with Gasteiger partial charge in [0.25, 0.3) is 5.56 Å². The summed E-state index contributed by atoms with van der Waals surface area (Å²) in [6, 6.07) is 16.3. The number of aromatic nitrogens is 2. The summed E-state index contributed by atoms with van der Waals surface area (Å²) in [6.07, 6.45) is -1.67. The molecule has 2 aliphatic heterocycles. The summed E-state index contributed by atoms with van der Waals surface area (Å²) in [5.41, 5.74) is -0.404. The molecule has 0 bridgehead atoms. The van der Waals surface area contributed by atoms with Crippen LogP contribution in [0.1, 0.15) is 46.4 Å². The molecule has 0 unspecified atom stereocenters. The molecular weight excluding hydrogens is 468 g/mol. The Hall–Kier alpha value is -3.86. The zero-order valence-corrected chi connectivity index (χ0v) is 19.6. The number of carbonyl (C=O) groups excluding carboxylic acids is 2. The van der Waals surface area contributed by atoms with E-state index in [1.54, 1.807) is 62.4 Å². The number of nitrogens with one attached hydrogen (secondary N) is 1. The van der Waals surface area contributed by atoms with Gasteiger partial charge in [-0.05, 0) is 19.9 Å². The second kappa shape index (κ2) is 9.30. The summed E-state index contributed by atoms with van der Waals surface area (Å²) in [6.45, 7) is 3.25. The molecule has 2 fully saturated rings. The third kappa shape index (κ3) is 4.53. The Morgan fingerprint density at radius 3 is 2.33 bits per heavy atom. The summed E-state index contributed by atoms with van der Waals surface area (Å²) in [5.74, 6) is -1.95. The van der Waals surface area contributed by atoms with Crippen molar-refractivity contribution >= 4 is 11.8 Å². The quantitative estimate of drug-likeness (QED) is 0.409. The van der Waals surface area contributed by atoms with Gasteiger partial charge in [0.2, 0.25) is 0 Å². The molecule has 2 aromatic carbocycles. The molecule has 5 rings (SSSR count). The zero-order valence-electron chi connectivity index (χ0n) is 19.6. The van der Waals surface area contributed by atoms with Gasteiger partial charge in [-0.15, -0.1) is 0 Å². The van der Waals surface area contributed by atoms with Crippen molar-refractivity contribution in [2.24, 2.45) is 0 Å². The molecule has 36 heavy (non-hydrogen) atoms. The molecule has 2 aliphatic rings. The fourth-order valence-corrected chi connectivity index (χ4v) is 4.48. The van der Waals surface area contributed by atoms with Crippen LogP contribution in [-0.2, 0) is 18.9 Å². The lowest BCUT2D eigenvalue weighted by Crippen LogP contribution is -2.37. The number of esters is 1. The van der Waals surface area contributed by atoms with Gasteiger partial charge < -0.3 is 18.9 Å². The van der Waals surface area contributed by atoms with Gasteiger partial charge in [-0.3, -0.25) is 19.1 Å². The van der Waals surface area contributed by atoms with Gasteiger partial charge in [0.1, 0.15) is 24.9 Å². The van der Waals surface area contributed by atoms with Crippen LogP contribution in [0.5, 0.6) is 0 Å². The Bertz CT molecular complexity index is 1410. The number of rotatable bonds is 6. The molecule has 3 aromatic rings. The Morgan fingerprint density at radius 2 is 1.61 bits per heavy atom. The predicted octanol–water partition coefficient (Wildman–Crippen LogP) is 2.04. The maximum absolute atomic E-state index is 13.0. The molecule has 3 heterocycles. The summed E-state index contributed by atoms with van der Waals surface area (Å²) in [7, 11) is 0. The zero-order chi connectivity index (χ0) is 25.4. The van der Waals surface area contributed by atoms with Crippen LogP contribution < -0.4 is 11.2 Å². The van der Waals surface area contributed by atoms with E-state index < -0.39 is 47.5 Å². The van der Waals surface area contributed by atoms with Gasteiger partial charge in [-0.25, -0.2) is 9.59 Å². The largest absolute Gasteiger partial charge is 0.459 e. The topological polar surface area (TPSA) is 126 Å². The number of carbonyl (C=O) groups is 2. The summed E-state index contributed by atoms with van der Waals surface area (Å²) in [5, 5.41) is 0. The van der Waals surface area contributed by atoms with Crippen LogP contribution in [0.15, 0.2) is 76.4 Å². The molecule has 10 heteroatoms. The number of ether oxygens (including phenoxy) is 4. The van der Waals surface area contributed by atoms with Crippen molar-refractivity contribution in [2.75, 3.05) is 6.61 Å². The summed E-state index contributed by atoms with van der Waals surface area (Å²) in [4.78, 5) is 52.0. The van der Waals surface area contributed by atoms with E-state index in [2.05, 4.69) is 4.98 Å². The number of H-pyrrole nitrogens is 1. The first kappa shape index (κ1) is 23.9. The second-order valence-corrected chi connectivity index (χ2v) is 8.99. The van der Waals surface area contributed by atoms with Crippen molar-refractivity contribution in [1.82, 2.24) is 9.55 Å². The summed E-state index contributed by atoms with van der Waals surface area (Å²) >= 11 is 0. The van der Waals surface area contributed by atoms with Crippen LogP contribution >= 0.6 is 0 Å². The first-order chi connectivity index (χ1) is 17.2. The Morgan fingerprint density at radius 1 is 0.944 bits per heavy atom. The lowest BCUT2D eigenvalue weighted by molar-refractivity contribution is -0.200. The molecule has 186 valence electrons. The van der Waals surface area contributed by atoms with E-state index >= 15 is 0 Å². The normalized spacial score (nSPS) is 24.3. The van der Waals surface area contributed by atoms with Crippen molar-refractivity contribution in [2.45, 2.75) is 44.2 Å². The maximum atomic E-state index is 13.0. The molecule has 0 aliphatic carbocycles. The first-order valence-electron chi connectivity index (χ1n) is 11.4. The standard InChI is InChI=1S/C26H24N2O8/c1-26(2)35-21-18(34-23(22(21)36-26)28-13-12-19(29)27-25(28)32)14-33-24(31)17-11-7-6-10-16(17)20(30)15-8-4-3-5-9-15/h3-13,18,21-23H,14H2,1-2H3,(H,27,29,32)/t18-,21-,22-,23-/m1/s1. The summed E-state index contributed by atoms with van der Waals surface area (Å²) < 4.78 is 24.7. The maximum Gasteiger partial charge on any atom is 0.338 e. The predicted molar refractivity (Wildman–Crippen MR) is 126 cm³/mol. The van der Waals surface area contributed by atoms with Crippen molar-refractivity contribution in [3.8, 4) is 0 Å². The Labute approximate surface area is 205 Å². The molecule has 0 radical (unpaired) electrons. The number of nitrogens with zero attached hydrogens (tertiary/aromatic N) is 1. The van der Waals surface area contributed by atoms with Gasteiger partial charge in [0.15, 0.2) is 17.8 Å². The smallest absolute Gasteiger partial charge is 0.338 e. The monoisotopic (exact) mass is 492 g/mol. The van der Waals surface area contributed by atoms with Gasteiger partial charge in [-0.2, -0.15) is 0 Å². The molecule has 4 atom stereocenters. The number of hydrogen-bond donors (Lipinski definition) is 1. The lowest BCUT2D eigenvalue weighted by atomic mass is 9.98. The number of ketones is 1. The highest BCUT2D eigenvalue weighted by molar-refractivity contribution is 6.14. The van der Waals surface area contributed by atoms with E-state index in [-0.39, 0.29) is 23.5 Å². The minimum Gasteiger partial charge on any atom is -0.459 e. The molecule has 1 aromatic heterocycles. The van der Waals surface area contributed by atoms with E-state index in [4.69, 9.17) is 18.9 Å².